The van der Waals surface area contributed by atoms with Crippen LogP contribution in [-0.2, 0) is 14.2 Å². The lowest BCUT2D eigenvalue weighted by Crippen LogP contribution is -2.25. The lowest BCUT2D eigenvalue weighted by Gasteiger charge is -2.20. The van der Waals surface area contributed by atoms with Crippen molar-refractivity contribution in [2.24, 2.45) is 0 Å². The van der Waals surface area contributed by atoms with Crippen molar-refractivity contribution in [3.63, 3.8) is 0 Å². The van der Waals surface area contributed by atoms with Gasteiger partial charge in [0.1, 0.15) is 6.10 Å². The summed E-state index contributed by atoms with van der Waals surface area (Å²) in [6.07, 6.45) is 1.30. The summed E-state index contributed by atoms with van der Waals surface area (Å²) in [6, 6.07) is 0. The number of rotatable bonds is 3. The Morgan fingerprint density at radius 1 is 1.36 bits per heavy atom. The second-order valence-corrected chi connectivity index (χ2v) is 5.51. The molecule has 3 nitrogen and oxygen atoms in total. The van der Waals surface area contributed by atoms with E-state index in [2.05, 4.69) is 6.92 Å². The first-order valence-corrected chi connectivity index (χ1v) is 6.35. The van der Waals surface area contributed by atoms with Gasteiger partial charge in [0.15, 0.2) is 12.1 Å². The summed E-state index contributed by atoms with van der Waals surface area (Å²) in [5.41, 5.74) is 0. The lowest BCUT2D eigenvalue weighted by atomic mass is 10.2. The van der Waals surface area contributed by atoms with E-state index in [9.17, 15) is 0 Å². The van der Waals surface area contributed by atoms with Crippen LogP contribution in [0.1, 0.15) is 27.2 Å². The maximum atomic E-state index is 5.75. The van der Waals surface area contributed by atoms with E-state index in [1.165, 1.54) is 0 Å². The normalized spacial score (nSPS) is 40.1. The molecule has 0 aromatic rings. The zero-order valence-corrected chi connectivity index (χ0v) is 9.80. The van der Waals surface area contributed by atoms with E-state index in [1.807, 2.05) is 25.6 Å². The molecule has 14 heavy (non-hydrogen) atoms. The van der Waals surface area contributed by atoms with Gasteiger partial charge in [0.2, 0.25) is 0 Å². The Morgan fingerprint density at radius 3 is 2.79 bits per heavy atom. The molecule has 0 radical (unpaired) electrons. The molecule has 2 aliphatic rings. The van der Waals surface area contributed by atoms with E-state index in [0.717, 1.165) is 17.9 Å². The third-order valence-electron chi connectivity index (χ3n) is 2.47. The van der Waals surface area contributed by atoms with E-state index in [-0.39, 0.29) is 12.4 Å². The van der Waals surface area contributed by atoms with Crippen LogP contribution < -0.4 is 0 Å². The van der Waals surface area contributed by atoms with Crippen LogP contribution in [0.15, 0.2) is 0 Å². The number of thioether (sulfide) groups is 1. The zero-order valence-electron chi connectivity index (χ0n) is 8.99. The Bertz CT molecular complexity index is 192. The second-order valence-electron chi connectivity index (χ2n) is 4.20. The van der Waals surface area contributed by atoms with Crippen LogP contribution in [0, 0.1) is 0 Å². The van der Waals surface area contributed by atoms with E-state index in [0.29, 0.717) is 6.10 Å². The fourth-order valence-corrected chi connectivity index (χ4v) is 2.65. The summed E-state index contributed by atoms with van der Waals surface area (Å²) in [5, 5.41) is 0. The van der Waals surface area contributed by atoms with Gasteiger partial charge in [-0.15, -0.1) is 0 Å². The molecule has 0 spiro atoms. The van der Waals surface area contributed by atoms with Gasteiger partial charge in [0.05, 0.1) is 6.10 Å². The van der Waals surface area contributed by atoms with Gasteiger partial charge in [-0.1, -0.05) is 6.92 Å². The van der Waals surface area contributed by atoms with E-state index < -0.39 is 5.79 Å². The van der Waals surface area contributed by atoms with Crippen LogP contribution in [-0.4, -0.2) is 35.8 Å². The average Bonchev–Trinajstić information content (AvgIpc) is 2.53. The van der Waals surface area contributed by atoms with E-state index in [1.54, 1.807) is 0 Å². The largest absolute Gasteiger partial charge is 0.346 e. The molecule has 0 aliphatic carbocycles. The Morgan fingerprint density at radius 2 is 2.14 bits per heavy atom. The Kier molecular flexibility index (Phi) is 3.07. The molecular formula is C10H18O3S. The van der Waals surface area contributed by atoms with Crippen molar-refractivity contribution in [1.29, 1.82) is 0 Å². The van der Waals surface area contributed by atoms with Crippen LogP contribution in [0.25, 0.3) is 0 Å². The summed E-state index contributed by atoms with van der Waals surface area (Å²) >= 11 is 1.91. The van der Waals surface area contributed by atoms with Gasteiger partial charge >= 0.3 is 0 Å². The van der Waals surface area contributed by atoms with E-state index in [4.69, 9.17) is 14.2 Å². The van der Waals surface area contributed by atoms with Gasteiger partial charge in [-0.05, 0) is 19.6 Å². The van der Waals surface area contributed by atoms with E-state index >= 15 is 0 Å². The minimum absolute atomic E-state index is 0.132. The fraction of sp³-hybridized carbons (Fsp3) is 1.00. The van der Waals surface area contributed by atoms with Crippen LogP contribution in [0.2, 0.25) is 0 Å². The third kappa shape index (κ3) is 2.24. The number of ether oxygens (including phenoxy) is 3. The Hall–Kier alpha value is 0.230. The van der Waals surface area contributed by atoms with Crippen molar-refractivity contribution in [1.82, 2.24) is 0 Å². The fourth-order valence-electron chi connectivity index (χ4n) is 1.94. The molecule has 0 saturated carbocycles. The minimum atomic E-state index is -0.460. The first-order valence-electron chi connectivity index (χ1n) is 5.19. The molecule has 4 heteroatoms. The van der Waals surface area contributed by atoms with Crippen molar-refractivity contribution >= 4 is 11.8 Å². The van der Waals surface area contributed by atoms with Gasteiger partial charge in [0, 0.05) is 12.2 Å². The summed E-state index contributed by atoms with van der Waals surface area (Å²) < 4.78 is 17.1. The summed E-state index contributed by atoms with van der Waals surface area (Å²) in [4.78, 5) is 0. The van der Waals surface area contributed by atoms with Gasteiger partial charge in [-0.2, -0.15) is 11.8 Å². The third-order valence-corrected chi connectivity index (χ3v) is 3.48. The molecule has 3 atom stereocenters. The quantitative estimate of drug-likeness (QED) is 0.724. The molecule has 2 heterocycles. The molecule has 0 amide bonds. The average molecular weight is 218 g/mol. The predicted octanol–water partition coefficient (Wildman–Crippen LogP) is 2.01. The number of fused-ring (bicyclic) bond motifs is 1. The van der Waals surface area contributed by atoms with Crippen LogP contribution in [0.5, 0.6) is 0 Å². The van der Waals surface area contributed by atoms with Crippen LogP contribution in [0.4, 0.5) is 0 Å². The molecule has 0 aromatic carbocycles. The Balaban J connectivity index is 1.81. The van der Waals surface area contributed by atoms with Gasteiger partial charge in [-0.25, -0.2) is 0 Å². The van der Waals surface area contributed by atoms with Crippen molar-refractivity contribution in [3.8, 4) is 0 Å². The lowest BCUT2D eigenvalue weighted by molar-refractivity contribution is -0.202. The molecule has 0 unspecified atom stereocenters. The maximum absolute atomic E-state index is 5.75. The Labute approximate surface area is 89.5 Å². The smallest absolute Gasteiger partial charge is 0.187 e. The highest BCUT2D eigenvalue weighted by Gasteiger charge is 2.48. The summed E-state index contributed by atoms with van der Waals surface area (Å²) in [6.45, 7) is 6.03. The monoisotopic (exact) mass is 218 g/mol. The number of hydrogen-bond donors (Lipinski definition) is 0. The topological polar surface area (TPSA) is 27.7 Å². The van der Waals surface area contributed by atoms with Crippen LogP contribution >= 0.6 is 11.8 Å². The second kappa shape index (κ2) is 4.00. The summed E-state index contributed by atoms with van der Waals surface area (Å²) in [5.74, 6) is 1.73. The predicted molar refractivity (Wildman–Crippen MR) is 56.3 cm³/mol. The first kappa shape index (κ1) is 10.7. The maximum Gasteiger partial charge on any atom is 0.187 e. The zero-order chi connectivity index (χ0) is 10.2. The molecule has 82 valence electrons. The highest BCUT2D eigenvalue weighted by atomic mass is 32.2. The molecule has 2 saturated heterocycles. The molecule has 0 bridgehead atoms. The van der Waals surface area contributed by atoms with Gasteiger partial charge < -0.3 is 14.2 Å². The van der Waals surface area contributed by atoms with Crippen LogP contribution in [0.3, 0.4) is 0 Å². The molecule has 0 N–H and O–H groups in total. The minimum Gasteiger partial charge on any atom is -0.346 e. The number of hydrogen-bond acceptors (Lipinski definition) is 4. The van der Waals surface area contributed by atoms with Gasteiger partial charge in [-0.3, -0.25) is 0 Å². The molecule has 2 rings (SSSR count). The van der Waals surface area contributed by atoms with Crippen molar-refractivity contribution in [2.45, 2.75) is 51.5 Å². The molecule has 2 fully saturated rings. The SMILES string of the molecule is CCSC[C@@H]1C[C@H]2OC(C)(C)O[C@H]2O1. The standard InChI is InChI=1S/C10H18O3S/c1-4-14-6-7-5-8-9(11-7)13-10(2,3)12-8/h7-9H,4-6H2,1-3H3/t7-,8+,9+/m0/s1. The van der Waals surface area contributed by atoms with Crippen molar-refractivity contribution in [2.75, 3.05) is 11.5 Å². The summed E-state index contributed by atoms with van der Waals surface area (Å²) in [7, 11) is 0. The molecule has 0 aromatic heterocycles. The first-order chi connectivity index (χ1) is 6.61. The van der Waals surface area contributed by atoms with Gasteiger partial charge in [0.25, 0.3) is 0 Å². The van der Waals surface area contributed by atoms with Crippen molar-refractivity contribution < 1.29 is 14.2 Å². The molecule has 2 aliphatic heterocycles. The van der Waals surface area contributed by atoms with Crippen molar-refractivity contribution in [3.05, 3.63) is 0 Å². The highest BCUT2D eigenvalue weighted by Crippen LogP contribution is 2.37. The highest BCUT2D eigenvalue weighted by molar-refractivity contribution is 7.99. The molecular weight excluding hydrogens is 200 g/mol.